The normalized spacial score (nSPS) is 12.8. The van der Waals surface area contributed by atoms with Crippen LogP contribution in [0.1, 0.15) is 32.3 Å². The van der Waals surface area contributed by atoms with Crippen LogP contribution in [0.15, 0.2) is 36.5 Å². The first kappa shape index (κ1) is 15.6. The highest BCUT2D eigenvalue weighted by molar-refractivity contribution is 5.88. The Hall–Kier alpha value is -1.74. The van der Waals surface area contributed by atoms with Crippen molar-refractivity contribution in [3.8, 4) is 0 Å². The summed E-state index contributed by atoms with van der Waals surface area (Å²) in [7, 11) is 0. The first-order valence-electron chi connectivity index (χ1n) is 7.64. The number of Topliss-reactive ketones (excluding diaryl/α,β-unsaturated/α-hetero) is 1. The predicted octanol–water partition coefficient (Wildman–Crippen LogP) is 3.36. The molecule has 1 unspecified atom stereocenters. The third-order valence-electron chi connectivity index (χ3n) is 3.78. The van der Waals surface area contributed by atoms with Gasteiger partial charge in [0.05, 0.1) is 5.52 Å². The number of hydrogen-bond donors (Lipinski definition) is 1. The van der Waals surface area contributed by atoms with Crippen LogP contribution in [0.25, 0.3) is 10.9 Å². The average Bonchev–Trinajstić information content (AvgIpc) is 2.46. The minimum Gasteiger partial charge on any atom is -0.330 e. The summed E-state index contributed by atoms with van der Waals surface area (Å²) >= 11 is 0. The SMILES string of the molecule is CC(C)CC(CN)CC(=O)Cc1ccnc2ccccc12. The van der Waals surface area contributed by atoms with Gasteiger partial charge in [0.1, 0.15) is 5.78 Å². The number of fused-ring (bicyclic) bond motifs is 1. The van der Waals surface area contributed by atoms with E-state index >= 15 is 0 Å². The van der Waals surface area contributed by atoms with Gasteiger partial charge in [0.2, 0.25) is 0 Å². The van der Waals surface area contributed by atoms with Crippen molar-refractivity contribution < 1.29 is 4.79 Å². The molecule has 0 spiro atoms. The molecule has 0 radical (unpaired) electrons. The van der Waals surface area contributed by atoms with Crippen LogP contribution < -0.4 is 5.73 Å². The highest BCUT2D eigenvalue weighted by atomic mass is 16.1. The van der Waals surface area contributed by atoms with E-state index in [1.165, 1.54) is 0 Å². The van der Waals surface area contributed by atoms with Gasteiger partial charge in [-0.05, 0) is 42.5 Å². The molecule has 2 aromatic rings. The van der Waals surface area contributed by atoms with Crippen molar-refractivity contribution in [2.24, 2.45) is 17.6 Å². The molecule has 2 rings (SSSR count). The lowest BCUT2D eigenvalue weighted by Gasteiger charge is -2.16. The minimum atomic E-state index is 0.266. The molecular formula is C18H24N2O. The maximum absolute atomic E-state index is 12.3. The number of nitrogens with zero attached hydrogens (tertiary/aromatic N) is 1. The summed E-state index contributed by atoms with van der Waals surface area (Å²) in [5.41, 5.74) is 7.80. The number of hydrogen-bond acceptors (Lipinski definition) is 3. The Morgan fingerprint density at radius 1 is 1.24 bits per heavy atom. The fraction of sp³-hybridized carbons (Fsp3) is 0.444. The van der Waals surface area contributed by atoms with E-state index in [9.17, 15) is 4.79 Å². The molecule has 3 heteroatoms. The molecule has 1 heterocycles. The summed E-state index contributed by atoms with van der Waals surface area (Å²) < 4.78 is 0. The van der Waals surface area contributed by atoms with Gasteiger partial charge in [0, 0.05) is 24.4 Å². The van der Waals surface area contributed by atoms with Crippen molar-refractivity contribution in [3.63, 3.8) is 0 Å². The van der Waals surface area contributed by atoms with Gasteiger partial charge in [0.25, 0.3) is 0 Å². The first-order chi connectivity index (χ1) is 10.1. The zero-order valence-corrected chi connectivity index (χ0v) is 12.9. The van der Waals surface area contributed by atoms with E-state index in [1.807, 2.05) is 30.3 Å². The van der Waals surface area contributed by atoms with E-state index in [1.54, 1.807) is 6.20 Å². The van der Waals surface area contributed by atoms with Crippen LogP contribution in [0, 0.1) is 11.8 Å². The van der Waals surface area contributed by atoms with E-state index in [-0.39, 0.29) is 5.78 Å². The Kier molecular flexibility index (Phi) is 5.45. The topological polar surface area (TPSA) is 56.0 Å². The second-order valence-corrected chi connectivity index (χ2v) is 6.14. The monoisotopic (exact) mass is 284 g/mol. The lowest BCUT2D eigenvalue weighted by Crippen LogP contribution is -2.20. The second-order valence-electron chi connectivity index (χ2n) is 6.14. The molecule has 0 saturated carbocycles. The minimum absolute atomic E-state index is 0.266. The molecule has 3 nitrogen and oxygen atoms in total. The molecule has 1 atom stereocenters. The molecule has 0 bridgehead atoms. The van der Waals surface area contributed by atoms with Crippen LogP contribution in [0.4, 0.5) is 0 Å². The zero-order valence-electron chi connectivity index (χ0n) is 12.9. The summed E-state index contributed by atoms with van der Waals surface area (Å²) in [4.78, 5) is 16.7. The lowest BCUT2D eigenvalue weighted by atomic mass is 9.90. The van der Waals surface area contributed by atoms with E-state index < -0.39 is 0 Å². The third kappa shape index (κ3) is 4.36. The fourth-order valence-electron chi connectivity index (χ4n) is 2.85. The van der Waals surface area contributed by atoms with Crippen LogP contribution in [-0.4, -0.2) is 17.3 Å². The Morgan fingerprint density at radius 3 is 2.71 bits per heavy atom. The van der Waals surface area contributed by atoms with Gasteiger partial charge < -0.3 is 5.73 Å². The Labute approximate surface area is 126 Å². The van der Waals surface area contributed by atoms with Crippen LogP contribution >= 0.6 is 0 Å². The molecule has 0 amide bonds. The fourth-order valence-corrected chi connectivity index (χ4v) is 2.85. The number of pyridine rings is 1. The molecule has 0 aliphatic heterocycles. The number of ketones is 1. The number of para-hydroxylation sites is 1. The number of carbonyl (C=O) groups excluding carboxylic acids is 1. The molecule has 0 aliphatic carbocycles. The van der Waals surface area contributed by atoms with Crippen molar-refractivity contribution in [3.05, 3.63) is 42.1 Å². The molecule has 0 fully saturated rings. The Balaban J connectivity index is 2.07. The molecule has 1 aromatic heterocycles. The summed E-state index contributed by atoms with van der Waals surface area (Å²) in [6.07, 6.45) is 3.84. The zero-order chi connectivity index (χ0) is 15.2. The summed E-state index contributed by atoms with van der Waals surface area (Å²) in [6, 6.07) is 9.90. The van der Waals surface area contributed by atoms with Gasteiger partial charge in [0.15, 0.2) is 0 Å². The molecule has 0 saturated heterocycles. The Bertz CT molecular complexity index is 602. The second kappa shape index (κ2) is 7.32. The summed E-state index contributed by atoms with van der Waals surface area (Å²) in [6.45, 7) is 4.92. The van der Waals surface area contributed by atoms with Gasteiger partial charge in [-0.15, -0.1) is 0 Å². The molecule has 1 aromatic carbocycles. The van der Waals surface area contributed by atoms with Crippen molar-refractivity contribution in [1.29, 1.82) is 0 Å². The standard InChI is InChI=1S/C18H24N2O/c1-13(2)9-14(12-19)10-16(21)11-15-7-8-20-18-6-4-3-5-17(15)18/h3-8,13-14H,9-12,19H2,1-2H3. The van der Waals surface area contributed by atoms with Gasteiger partial charge in [-0.25, -0.2) is 0 Å². The molecule has 21 heavy (non-hydrogen) atoms. The number of carbonyl (C=O) groups is 1. The maximum atomic E-state index is 12.3. The quantitative estimate of drug-likeness (QED) is 0.848. The summed E-state index contributed by atoms with van der Waals surface area (Å²) in [5, 5.41) is 1.07. The number of rotatable bonds is 7. The lowest BCUT2D eigenvalue weighted by molar-refractivity contribution is -0.119. The summed E-state index contributed by atoms with van der Waals surface area (Å²) in [5.74, 6) is 1.14. The molecule has 112 valence electrons. The van der Waals surface area contributed by atoms with Crippen molar-refractivity contribution in [2.75, 3.05) is 6.54 Å². The molecule has 2 N–H and O–H groups in total. The highest BCUT2D eigenvalue weighted by Gasteiger charge is 2.15. The van der Waals surface area contributed by atoms with E-state index in [0.717, 1.165) is 22.9 Å². The molecule has 0 aliphatic rings. The van der Waals surface area contributed by atoms with E-state index in [4.69, 9.17) is 5.73 Å². The highest BCUT2D eigenvalue weighted by Crippen LogP contribution is 2.20. The third-order valence-corrected chi connectivity index (χ3v) is 3.78. The largest absolute Gasteiger partial charge is 0.330 e. The predicted molar refractivity (Wildman–Crippen MR) is 87.1 cm³/mol. The average molecular weight is 284 g/mol. The smallest absolute Gasteiger partial charge is 0.137 e. The van der Waals surface area contributed by atoms with Gasteiger partial charge >= 0.3 is 0 Å². The van der Waals surface area contributed by atoms with Gasteiger partial charge in [-0.2, -0.15) is 0 Å². The molecular weight excluding hydrogens is 260 g/mol. The van der Waals surface area contributed by atoms with Crippen LogP contribution in [0.5, 0.6) is 0 Å². The number of benzene rings is 1. The van der Waals surface area contributed by atoms with Crippen LogP contribution in [0.3, 0.4) is 0 Å². The van der Waals surface area contributed by atoms with Crippen molar-refractivity contribution >= 4 is 16.7 Å². The number of aromatic nitrogens is 1. The Morgan fingerprint density at radius 2 is 2.00 bits per heavy atom. The van der Waals surface area contributed by atoms with Gasteiger partial charge in [-0.3, -0.25) is 9.78 Å². The van der Waals surface area contributed by atoms with Crippen LogP contribution in [-0.2, 0) is 11.2 Å². The van der Waals surface area contributed by atoms with Crippen molar-refractivity contribution in [2.45, 2.75) is 33.1 Å². The van der Waals surface area contributed by atoms with Gasteiger partial charge in [-0.1, -0.05) is 32.0 Å². The number of nitrogens with two attached hydrogens (primary N) is 1. The van der Waals surface area contributed by atoms with E-state index in [2.05, 4.69) is 18.8 Å². The van der Waals surface area contributed by atoms with Crippen LogP contribution in [0.2, 0.25) is 0 Å². The van der Waals surface area contributed by atoms with Crippen molar-refractivity contribution in [1.82, 2.24) is 4.98 Å². The van der Waals surface area contributed by atoms with E-state index in [0.29, 0.717) is 31.2 Å². The first-order valence-corrected chi connectivity index (χ1v) is 7.64. The maximum Gasteiger partial charge on any atom is 0.137 e.